The van der Waals surface area contributed by atoms with Crippen LogP contribution in [0.3, 0.4) is 0 Å². The van der Waals surface area contributed by atoms with Gasteiger partial charge in [0.05, 0.1) is 37.3 Å². The highest BCUT2D eigenvalue weighted by molar-refractivity contribution is 6.60. The number of nitriles is 1. The highest BCUT2D eigenvalue weighted by atomic mass is 16.5. The Kier molecular flexibility index (Phi) is 8.96. The van der Waals surface area contributed by atoms with E-state index in [1.807, 2.05) is 47.9 Å². The summed E-state index contributed by atoms with van der Waals surface area (Å²) in [7, 11) is 7.13. The van der Waals surface area contributed by atoms with Gasteiger partial charge in [-0.15, -0.1) is 10.2 Å². The summed E-state index contributed by atoms with van der Waals surface area (Å²) in [6.45, 7) is 0.746. The maximum absolute atomic E-state index is 13.1. The predicted octanol–water partition coefficient (Wildman–Crippen LogP) is -1.29. The first-order valence-corrected chi connectivity index (χ1v) is 13.2. The summed E-state index contributed by atoms with van der Waals surface area (Å²) in [6.07, 6.45) is 4.99. The van der Waals surface area contributed by atoms with Gasteiger partial charge in [0, 0.05) is 35.9 Å². The van der Waals surface area contributed by atoms with Crippen molar-refractivity contribution in [2.24, 2.45) is 5.92 Å². The lowest BCUT2D eigenvalue weighted by Crippen LogP contribution is -2.50. The average Bonchev–Trinajstić information content (AvgIpc) is 3.66. The van der Waals surface area contributed by atoms with Gasteiger partial charge in [0.1, 0.15) is 35.7 Å². The summed E-state index contributed by atoms with van der Waals surface area (Å²) >= 11 is 0. The molecule has 3 aromatic rings. The van der Waals surface area contributed by atoms with Gasteiger partial charge in [-0.05, 0) is 24.1 Å². The number of methoxy groups -OCH3 is 1. The van der Waals surface area contributed by atoms with Crippen LogP contribution in [-0.4, -0.2) is 80.1 Å². The summed E-state index contributed by atoms with van der Waals surface area (Å²) in [6, 6.07) is 8.90. The van der Waals surface area contributed by atoms with Gasteiger partial charge in [0.25, 0.3) is 5.91 Å². The monoisotopic (exact) mass is 553 g/mol. The molecule has 2 aromatic heterocycles. The molecule has 0 atom stereocenters. The number of carbonyl (C=O) groups excluding carboxylic acids is 3. The zero-order valence-electron chi connectivity index (χ0n) is 23.4. The number of aromatic nitrogens is 4. The average molecular weight is 553 g/mol. The summed E-state index contributed by atoms with van der Waals surface area (Å²) < 4.78 is 7.45. The smallest absolute Gasteiger partial charge is 0.272 e. The molecule has 3 amide bonds. The summed E-state index contributed by atoms with van der Waals surface area (Å²) in [5.74, 6) is -0.184. The normalized spacial score (nSPS) is 12.6. The Hall–Kier alpha value is -4.80. The molecule has 0 spiro atoms. The van der Waals surface area contributed by atoms with Crippen LogP contribution in [0.15, 0.2) is 36.7 Å². The number of anilines is 3. The molecule has 16 heteroatoms. The second-order valence-corrected chi connectivity index (χ2v) is 10.6. The van der Waals surface area contributed by atoms with Crippen molar-refractivity contribution < 1.29 is 19.1 Å². The van der Waals surface area contributed by atoms with Crippen molar-refractivity contribution in [2.75, 3.05) is 24.3 Å². The second-order valence-electron chi connectivity index (χ2n) is 10.6. The molecule has 0 radical (unpaired) electrons. The van der Waals surface area contributed by atoms with Crippen LogP contribution in [0.5, 0.6) is 5.75 Å². The van der Waals surface area contributed by atoms with Crippen molar-refractivity contribution in [3.63, 3.8) is 0 Å². The molecule has 1 aliphatic rings. The summed E-state index contributed by atoms with van der Waals surface area (Å²) in [5, 5.41) is 32.3. The molecule has 0 saturated heterocycles. The fourth-order valence-electron chi connectivity index (χ4n) is 3.99. The van der Waals surface area contributed by atoms with Crippen molar-refractivity contribution in [1.29, 1.82) is 5.26 Å². The van der Waals surface area contributed by atoms with Crippen molar-refractivity contribution in [1.82, 2.24) is 30.6 Å². The Balaban J connectivity index is 1.61. The van der Waals surface area contributed by atoms with Gasteiger partial charge >= 0.3 is 0 Å². The molecular formula is C25H30B3N9O4. The molecule has 1 aliphatic carbocycles. The number of para-hydroxylation sites is 1. The topological polar surface area (TPSA) is 176 Å². The van der Waals surface area contributed by atoms with Gasteiger partial charge in [-0.2, -0.15) is 10.4 Å². The van der Waals surface area contributed by atoms with Crippen molar-refractivity contribution in [3.8, 4) is 22.9 Å². The highest BCUT2D eigenvalue weighted by Gasteiger charge is 2.30. The van der Waals surface area contributed by atoms with Crippen LogP contribution >= 0.6 is 0 Å². The van der Waals surface area contributed by atoms with Gasteiger partial charge in [0.2, 0.25) is 11.8 Å². The third-order valence-electron chi connectivity index (χ3n) is 6.03. The van der Waals surface area contributed by atoms with Crippen molar-refractivity contribution in [2.45, 2.75) is 31.0 Å². The van der Waals surface area contributed by atoms with Crippen LogP contribution in [0.25, 0.3) is 11.1 Å². The maximum atomic E-state index is 13.1. The molecule has 1 fully saturated rings. The van der Waals surface area contributed by atoms with E-state index in [2.05, 4.69) is 36.6 Å². The number of benzene rings is 1. The first kappa shape index (κ1) is 29.2. The molecule has 13 nitrogen and oxygen atoms in total. The van der Waals surface area contributed by atoms with E-state index in [-0.39, 0.29) is 35.7 Å². The third kappa shape index (κ3) is 7.88. The van der Waals surface area contributed by atoms with Gasteiger partial charge in [-0.1, -0.05) is 12.1 Å². The van der Waals surface area contributed by atoms with Gasteiger partial charge in [-0.3, -0.25) is 19.1 Å². The number of rotatable bonds is 12. The van der Waals surface area contributed by atoms with Crippen molar-refractivity contribution in [3.05, 3.63) is 42.4 Å². The zero-order valence-corrected chi connectivity index (χ0v) is 23.4. The fraction of sp³-hybridized carbons (Fsp3) is 0.320. The Bertz CT molecular complexity index is 1500. The Morgan fingerprint density at radius 2 is 1.98 bits per heavy atom. The molecular weight excluding hydrogens is 523 g/mol. The van der Waals surface area contributed by atoms with Gasteiger partial charge < -0.3 is 26.0 Å². The standard InChI is InChI=1S/C25H30B3N9O4/c1-41-22-16(15-12-31-37(13-15)10-9-30-20(38)7-8-29)3-2-4-17(22)32-18-11-19(33-23(39)14-5-6-14)35-36-21(18)24(40)34-25(26,27)28/h2-4,11-14H,5-7,9-10,26-28H2,1H3,(H,30,38)(H,34,40)(H2,32,33,35,39). The molecule has 0 bridgehead atoms. The SMILES string of the molecule is BC(B)(B)NC(=O)c1nnc(NC(=O)C2CC2)cc1Nc1cccc(-c2cnn(CCNC(=O)CC#N)c2)c1OC. The van der Waals surface area contributed by atoms with E-state index in [9.17, 15) is 14.4 Å². The Morgan fingerprint density at radius 1 is 1.20 bits per heavy atom. The lowest BCUT2D eigenvalue weighted by atomic mass is 9.49. The molecule has 0 unspecified atom stereocenters. The minimum absolute atomic E-state index is 0.0245. The van der Waals surface area contributed by atoms with E-state index >= 15 is 0 Å². The lowest BCUT2D eigenvalue weighted by molar-refractivity contribution is -0.120. The number of nitrogens with zero attached hydrogens (tertiary/aromatic N) is 5. The van der Waals surface area contributed by atoms with E-state index in [4.69, 9.17) is 10.00 Å². The summed E-state index contributed by atoms with van der Waals surface area (Å²) in [4.78, 5) is 37.0. The van der Waals surface area contributed by atoms with Gasteiger partial charge in [0.15, 0.2) is 11.5 Å². The number of hydrogen-bond acceptors (Lipinski definition) is 9. The molecule has 0 aliphatic heterocycles. The molecule has 1 saturated carbocycles. The third-order valence-corrected chi connectivity index (χ3v) is 6.03. The minimum Gasteiger partial charge on any atom is -0.494 e. The van der Waals surface area contributed by atoms with Crippen LogP contribution in [0, 0.1) is 17.2 Å². The number of hydrogen-bond donors (Lipinski definition) is 4. The molecule has 4 rings (SSSR count). The van der Waals surface area contributed by atoms with Crippen LogP contribution < -0.4 is 26.0 Å². The highest BCUT2D eigenvalue weighted by Crippen LogP contribution is 2.38. The van der Waals surface area contributed by atoms with E-state index in [0.29, 0.717) is 30.2 Å². The van der Waals surface area contributed by atoms with E-state index in [0.717, 1.165) is 24.0 Å². The maximum Gasteiger partial charge on any atom is 0.272 e. The van der Waals surface area contributed by atoms with Crippen LogP contribution in [0.1, 0.15) is 29.8 Å². The first-order valence-electron chi connectivity index (χ1n) is 13.2. The number of carbonyl (C=O) groups is 3. The minimum atomic E-state index is -0.509. The number of nitrogens with one attached hydrogen (secondary N) is 4. The van der Waals surface area contributed by atoms with Crippen molar-refractivity contribution >= 4 is 58.5 Å². The molecule has 1 aromatic carbocycles. The molecule has 208 valence electrons. The van der Waals surface area contributed by atoms with Crippen LogP contribution in [0.4, 0.5) is 17.2 Å². The lowest BCUT2D eigenvalue weighted by Gasteiger charge is -2.22. The van der Waals surface area contributed by atoms with E-state index < -0.39 is 11.1 Å². The predicted molar refractivity (Wildman–Crippen MR) is 160 cm³/mol. The fourth-order valence-corrected chi connectivity index (χ4v) is 3.99. The number of amides is 3. The largest absolute Gasteiger partial charge is 0.494 e. The van der Waals surface area contributed by atoms with E-state index in [1.54, 1.807) is 30.1 Å². The number of ether oxygens (including phenoxy) is 1. The molecule has 41 heavy (non-hydrogen) atoms. The quantitative estimate of drug-likeness (QED) is 0.199. The first-order chi connectivity index (χ1) is 19.6. The van der Waals surface area contributed by atoms with Crippen LogP contribution in [-0.2, 0) is 16.1 Å². The Morgan fingerprint density at radius 3 is 2.66 bits per heavy atom. The Labute approximate surface area is 240 Å². The molecule has 4 N–H and O–H groups in total. The molecule has 2 heterocycles. The zero-order chi connectivity index (χ0) is 29.6. The van der Waals surface area contributed by atoms with Gasteiger partial charge in [-0.25, -0.2) is 0 Å². The summed E-state index contributed by atoms with van der Waals surface area (Å²) in [5.41, 5.74) is 2.46. The van der Waals surface area contributed by atoms with Crippen LogP contribution in [0.2, 0.25) is 0 Å². The second kappa shape index (κ2) is 12.6. The van der Waals surface area contributed by atoms with E-state index in [1.165, 1.54) is 0 Å².